The fourth-order valence-electron chi connectivity index (χ4n) is 2.51. The molecule has 0 aromatic carbocycles. The van der Waals surface area contributed by atoms with Crippen LogP contribution in [-0.2, 0) is 9.59 Å². The molecule has 1 aliphatic rings. The van der Waals surface area contributed by atoms with Crippen molar-refractivity contribution in [1.82, 2.24) is 4.90 Å². The van der Waals surface area contributed by atoms with E-state index >= 15 is 0 Å². The van der Waals surface area contributed by atoms with Crippen LogP contribution in [0.1, 0.15) is 33.1 Å². The number of hydrogen-bond donors (Lipinski definition) is 2. The van der Waals surface area contributed by atoms with Gasteiger partial charge in [0.15, 0.2) is 0 Å². The normalized spacial score (nSPS) is 31.7. The van der Waals surface area contributed by atoms with E-state index in [2.05, 4.69) is 0 Å². The molecule has 5 heteroatoms. The van der Waals surface area contributed by atoms with Gasteiger partial charge in [-0.25, -0.2) is 0 Å². The molecular weight excluding hydrogens is 198 g/mol. The lowest BCUT2D eigenvalue weighted by atomic mass is 9.93. The Morgan fingerprint density at radius 2 is 2.00 bits per heavy atom. The molecule has 2 unspecified atom stereocenters. The van der Waals surface area contributed by atoms with E-state index in [-0.39, 0.29) is 0 Å². The van der Waals surface area contributed by atoms with Gasteiger partial charge in [0.05, 0.1) is 0 Å². The van der Waals surface area contributed by atoms with Crippen molar-refractivity contribution in [2.45, 2.75) is 44.7 Å². The van der Waals surface area contributed by atoms with Gasteiger partial charge in [-0.1, -0.05) is 13.8 Å². The number of nitrogens with zero attached hydrogens (tertiary/aromatic N) is 1. The minimum atomic E-state index is -0.974. The quantitative estimate of drug-likeness (QED) is 0.725. The number of carboxylic acid groups (broad SMARTS) is 2. The predicted molar refractivity (Wildman–Crippen MR) is 53.7 cm³/mol. The van der Waals surface area contributed by atoms with Gasteiger partial charge < -0.3 is 10.2 Å². The van der Waals surface area contributed by atoms with Gasteiger partial charge in [-0.3, -0.25) is 14.5 Å². The van der Waals surface area contributed by atoms with E-state index < -0.39 is 23.5 Å². The molecule has 15 heavy (non-hydrogen) atoms. The molecule has 0 bridgehead atoms. The van der Waals surface area contributed by atoms with Crippen LogP contribution >= 0.6 is 0 Å². The molecule has 1 fully saturated rings. The molecule has 0 aliphatic carbocycles. The molecule has 0 saturated carbocycles. The van der Waals surface area contributed by atoms with Gasteiger partial charge in [0.2, 0.25) is 0 Å². The summed E-state index contributed by atoms with van der Waals surface area (Å²) in [5.41, 5.74) is -0.974. The second-order valence-electron chi connectivity index (χ2n) is 3.87. The molecule has 0 aromatic heterocycles. The third kappa shape index (κ3) is 1.71. The first kappa shape index (κ1) is 12.0. The molecule has 1 saturated heterocycles. The van der Waals surface area contributed by atoms with E-state index in [1.54, 1.807) is 18.7 Å². The van der Waals surface area contributed by atoms with Crippen LogP contribution < -0.4 is 0 Å². The molecule has 0 aromatic rings. The summed E-state index contributed by atoms with van der Waals surface area (Å²) in [5, 5.41) is 18.2. The Morgan fingerprint density at radius 1 is 1.40 bits per heavy atom. The van der Waals surface area contributed by atoms with Crippen molar-refractivity contribution < 1.29 is 19.8 Å². The number of carbonyl (C=O) groups is 2. The van der Waals surface area contributed by atoms with Crippen molar-refractivity contribution in [1.29, 1.82) is 0 Å². The van der Waals surface area contributed by atoms with Crippen LogP contribution in [-0.4, -0.2) is 45.2 Å². The fourth-order valence-corrected chi connectivity index (χ4v) is 2.51. The molecular formula is C10H17NO4. The van der Waals surface area contributed by atoms with E-state index in [0.717, 1.165) is 0 Å². The Labute approximate surface area is 88.7 Å². The van der Waals surface area contributed by atoms with Crippen LogP contribution in [0.25, 0.3) is 0 Å². The number of rotatable bonds is 4. The summed E-state index contributed by atoms with van der Waals surface area (Å²) in [6, 6.07) is -0.647. The predicted octanol–water partition coefficient (Wildman–Crippen LogP) is 0.789. The molecule has 2 N–H and O–H groups in total. The second-order valence-corrected chi connectivity index (χ2v) is 3.87. The lowest BCUT2D eigenvalue weighted by Gasteiger charge is -2.35. The van der Waals surface area contributed by atoms with Crippen LogP contribution in [0.4, 0.5) is 0 Å². The maximum Gasteiger partial charge on any atom is 0.324 e. The number of likely N-dealkylation sites (N-methyl/N-ethyl adjacent to an activating group) is 1. The average molecular weight is 215 g/mol. The van der Waals surface area contributed by atoms with Gasteiger partial charge in [0, 0.05) is 0 Å². The number of likely N-dealkylation sites (tertiary alicyclic amines) is 1. The zero-order valence-corrected chi connectivity index (χ0v) is 9.06. The highest BCUT2D eigenvalue weighted by molar-refractivity contribution is 5.82. The fraction of sp³-hybridized carbons (Fsp3) is 0.800. The molecule has 0 spiro atoms. The van der Waals surface area contributed by atoms with Crippen molar-refractivity contribution in [3.05, 3.63) is 0 Å². The smallest absolute Gasteiger partial charge is 0.324 e. The van der Waals surface area contributed by atoms with E-state index in [0.29, 0.717) is 25.8 Å². The zero-order chi connectivity index (χ0) is 11.6. The van der Waals surface area contributed by atoms with Crippen LogP contribution in [0, 0.1) is 0 Å². The minimum absolute atomic E-state index is 0.420. The SMILES string of the molecule is CCN1C(C(=O)O)CCC1(CC)C(=O)O. The molecule has 0 amide bonds. The Hall–Kier alpha value is -1.10. The third-order valence-corrected chi connectivity index (χ3v) is 3.37. The molecule has 86 valence electrons. The monoisotopic (exact) mass is 215 g/mol. The lowest BCUT2D eigenvalue weighted by molar-refractivity contribution is -0.154. The summed E-state index contributed by atoms with van der Waals surface area (Å²) < 4.78 is 0. The topological polar surface area (TPSA) is 77.8 Å². The Bertz CT molecular complexity index is 279. The second kappa shape index (κ2) is 4.18. The van der Waals surface area contributed by atoms with Crippen LogP contribution in [0.3, 0.4) is 0 Å². The molecule has 1 aliphatic heterocycles. The van der Waals surface area contributed by atoms with Gasteiger partial charge in [-0.2, -0.15) is 0 Å². The van der Waals surface area contributed by atoms with Gasteiger partial charge in [0.1, 0.15) is 11.6 Å². The molecule has 1 heterocycles. The summed E-state index contributed by atoms with van der Waals surface area (Å²) in [7, 11) is 0. The van der Waals surface area contributed by atoms with Crippen molar-refractivity contribution in [2.24, 2.45) is 0 Å². The van der Waals surface area contributed by atoms with Crippen LogP contribution in [0.2, 0.25) is 0 Å². The summed E-state index contributed by atoms with van der Waals surface area (Å²) in [6.07, 6.45) is 1.28. The van der Waals surface area contributed by atoms with Gasteiger partial charge in [-0.15, -0.1) is 0 Å². The molecule has 0 radical (unpaired) electrons. The first-order chi connectivity index (χ1) is 6.99. The Balaban J connectivity index is 3.02. The van der Waals surface area contributed by atoms with E-state index in [4.69, 9.17) is 5.11 Å². The van der Waals surface area contributed by atoms with Gasteiger partial charge in [0.25, 0.3) is 0 Å². The van der Waals surface area contributed by atoms with Crippen molar-refractivity contribution >= 4 is 11.9 Å². The molecule has 5 nitrogen and oxygen atoms in total. The number of hydrogen-bond acceptors (Lipinski definition) is 3. The maximum absolute atomic E-state index is 11.3. The number of aliphatic carboxylic acids is 2. The van der Waals surface area contributed by atoms with Crippen LogP contribution in [0.5, 0.6) is 0 Å². The van der Waals surface area contributed by atoms with Crippen LogP contribution in [0.15, 0.2) is 0 Å². The summed E-state index contributed by atoms with van der Waals surface area (Å²) >= 11 is 0. The first-order valence-electron chi connectivity index (χ1n) is 5.22. The van der Waals surface area contributed by atoms with E-state index in [1.807, 2.05) is 0 Å². The van der Waals surface area contributed by atoms with Gasteiger partial charge >= 0.3 is 11.9 Å². The van der Waals surface area contributed by atoms with Crippen molar-refractivity contribution in [2.75, 3.05) is 6.54 Å². The summed E-state index contributed by atoms with van der Waals surface area (Å²) in [6.45, 7) is 4.05. The van der Waals surface area contributed by atoms with Crippen molar-refractivity contribution in [3.8, 4) is 0 Å². The molecule has 2 atom stereocenters. The van der Waals surface area contributed by atoms with Gasteiger partial charge in [-0.05, 0) is 25.8 Å². The Kier molecular flexibility index (Phi) is 3.34. The average Bonchev–Trinajstić information content (AvgIpc) is 2.56. The van der Waals surface area contributed by atoms with Crippen molar-refractivity contribution in [3.63, 3.8) is 0 Å². The maximum atomic E-state index is 11.3. The lowest BCUT2D eigenvalue weighted by Crippen LogP contribution is -2.54. The summed E-state index contributed by atoms with van der Waals surface area (Å²) in [5.74, 6) is -1.83. The highest BCUT2D eigenvalue weighted by Crippen LogP contribution is 2.36. The summed E-state index contributed by atoms with van der Waals surface area (Å²) in [4.78, 5) is 23.8. The number of carboxylic acids is 2. The highest BCUT2D eigenvalue weighted by atomic mass is 16.4. The zero-order valence-electron chi connectivity index (χ0n) is 9.06. The Morgan fingerprint density at radius 3 is 2.33 bits per heavy atom. The largest absolute Gasteiger partial charge is 0.480 e. The highest BCUT2D eigenvalue weighted by Gasteiger charge is 2.52. The minimum Gasteiger partial charge on any atom is -0.480 e. The third-order valence-electron chi connectivity index (χ3n) is 3.37. The van der Waals surface area contributed by atoms with E-state index in [1.165, 1.54) is 0 Å². The van der Waals surface area contributed by atoms with E-state index in [9.17, 15) is 14.7 Å². The molecule has 1 rings (SSSR count). The first-order valence-corrected chi connectivity index (χ1v) is 5.22. The standard InChI is InChI=1S/C10H17NO4/c1-3-10(9(14)15)6-5-7(8(12)13)11(10)4-2/h7H,3-6H2,1-2H3,(H,12,13)(H,14,15).